The highest BCUT2D eigenvalue weighted by Crippen LogP contribution is 2.20. The van der Waals surface area contributed by atoms with Crippen molar-refractivity contribution in [3.8, 4) is 0 Å². The van der Waals surface area contributed by atoms with Crippen molar-refractivity contribution >= 4 is 28.2 Å². The Morgan fingerprint density at radius 2 is 2.10 bits per heavy atom. The van der Waals surface area contributed by atoms with E-state index in [-0.39, 0.29) is 5.56 Å². The first-order valence-corrected chi connectivity index (χ1v) is 6.95. The topological polar surface area (TPSA) is 46.9 Å². The second-order valence-electron chi connectivity index (χ2n) is 4.80. The molecule has 0 saturated heterocycles. The van der Waals surface area contributed by atoms with E-state index in [1.54, 1.807) is 30.1 Å². The first kappa shape index (κ1) is 13.6. The number of nitrogens with one attached hydrogen (secondary N) is 1. The van der Waals surface area contributed by atoms with E-state index in [1.165, 1.54) is 0 Å². The van der Waals surface area contributed by atoms with Gasteiger partial charge in [-0.3, -0.25) is 9.78 Å². The highest BCUT2D eigenvalue weighted by molar-refractivity contribution is 6.33. The van der Waals surface area contributed by atoms with Crippen LogP contribution in [-0.4, -0.2) is 9.55 Å². The number of pyridine rings is 2. The van der Waals surface area contributed by atoms with Gasteiger partial charge in [0.1, 0.15) is 0 Å². The van der Waals surface area contributed by atoms with E-state index in [0.717, 1.165) is 16.6 Å². The SMILES string of the molecule is Cn1c(=O)c(CNc2ccncc2Cl)cc2ccccc21. The van der Waals surface area contributed by atoms with Crippen molar-refractivity contribution in [1.82, 2.24) is 9.55 Å². The molecular formula is C16H14ClN3O. The van der Waals surface area contributed by atoms with Gasteiger partial charge in [0.2, 0.25) is 0 Å². The molecular weight excluding hydrogens is 286 g/mol. The Balaban J connectivity index is 1.96. The summed E-state index contributed by atoms with van der Waals surface area (Å²) < 4.78 is 1.67. The van der Waals surface area contributed by atoms with Gasteiger partial charge in [0.25, 0.3) is 5.56 Å². The van der Waals surface area contributed by atoms with Gasteiger partial charge in [-0.1, -0.05) is 29.8 Å². The molecule has 0 atom stereocenters. The molecule has 0 saturated carbocycles. The molecule has 3 rings (SSSR count). The molecule has 106 valence electrons. The van der Waals surface area contributed by atoms with Gasteiger partial charge in [-0.15, -0.1) is 0 Å². The van der Waals surface area contributed by atoms with Crippen LogP contribution in [0.25, 0.3) is 10.9 Å². The van der Waals surface area contributed by atoms with Crippen LogP contribution >= 0.6 is 11.6 Å². The standard InChI is InChI=1S/C16H14ClN3O/c1-20-15-5-3-2-4-11(15)8-12(16(20)21)9-19-14-6-7-18-10-13(14)17/h2-8,10H,9H2,1H3,(H,18,19). The number of hydrogen-bond donors (Lipinski definition) is 1. The predicted molar refractivity (Wildman–Crippen MR) is 85.8 cm³/mol. The highest BCUT2D eigenvalue weighted by Gasteiger charge is 2.07. The molecule has 0 amide bonds. The Labute approximate surface area is 127 Å². The number of rotatable bonds is 3. The van der Waals surface area contributed by atoms with Crippen LogP contribution in [0.5, 0.6) is 0 Å². The van der Waals surface area contributed by atoms with Crippen molar-refractivity contribution in [1.29, 1.82) is 0 Å². The van der Waals surface area contributed by atoms with Crippen LogP contribution in [0.3, 0.4) is 0 Å². The molecule has 0 unspecified atom stereocenters. The number of anilines is 1. The average molecular weight is 300 g/mol. The van der Waals surface area contributed by atoms with Crippen LogP contribution in [0.2, 0.25) is 5.02 Å². The third-order valence-electron chi connectivity index (χ3n) is 3.45. The number of aryl methyl sites for hydroxylation is 1. The lowest BCUT2D eigenvalue weighted by Crippen LogP contribution is -2.23. The molecule has 0 aliphatic rings. The zero-order valence-electron chi connectivity index (χ0n) is 11.5. The summed E-state index contributed by atoms with van der Waals surface area (Å²) in [6.07, 6.45) is 3.23. The monoisotopic (exact) mass is 299 g/mol. The number of fused-ring (bicyclic) bond motifs is 1. The number of benzene rings is 1. The summed E-state index contributed by atoms with van der Waals surface area (Å²) in [5.74, 6) is 0. The molecule has 1 aromatic carbocycles. The third kappa shape index (κ3) is 2.62. The highest BCUT2D eigenvalue weighted by atomic mass is 35.5. The fraction of sp³-hybridized carbons (Fsp3) is 0.125. The molecule has 0 spiro atoms. The Kier molecular flexibility index (Phi) is 3.62. The quantitative estimate of drug-likeness (QED) is 0.808. The first-order chi connectivity index (χ1) is 10.2. The molecule has 0 aliphatic carbocycles. The van der Waals surface area contributed by atoms with Crippen molar-refractivity contribution < 1.29 is 0 Å². The summed E-state index contributed by atoms with van der Waals surface area (Å²) in [4.78, 5) is 16.3. The summed E-state index contributed by atoms with van der Waals surface area (Å²) in [5.41, 5.74) is 2.38. The minimum atomic E-state index is -0.00798. The van der Waals surface area contributed by atoms with Gasteiger partial charge in [-0.2, -0.15) is 0 Å². The van der Waals surface area contributed by atoms with Gasteiger partial charge >= 0.3 is 0 Å². The van der Waals surface area contributed by atoms with E-state index < -0.39 is 0 Å². The van der Waals surface area contributed by atoms with Crippen molar-refractivity contribution in [2.45, 2.75) is 6.54 Å². The summed E-state index contributed by atoms with van der Waals surface area (Å²) >= 11 is 6.05. The van der Waals surface area contributed by atoms with Crippen molar-refractivity contribution in [3.05, 3.63) is 69.7 Å². The van der Waals surface area contributed by atoms with Crippen LogP contribution in [0.15, 0.2) is 53.6 Å². The zero-order valence-corrected chi connectivity index (χ0v) is 12.3. The van der Waals surface area contributed by atoms with Crippen LogP contribution < -0.4 is 10.9 Å². The molecule has 4 nitrogen and oxygen atoms in total. The molecule has 5 heteroatoms. The predicted octanol–water partition coefficient (Wildman–Crippen LogP) is 3.20. The smallest absolute Gasteiger partial charge is 0.255 e. The number of nitrogens with zero attached hydrogens (tertiary/aromatic N) is 2. The molecule has 0 bridgehead atoms. The maximum absolute atomic E-state index is 12.4. The minimum Gasteiger partial charge on any atom is -0.379 e. The largest absolute Gasteiger partial charge is 0.379 e. The molecule has 1 N–H and O–H groups in total. The number of para-hydroxylation sites is 1. The Bertz CT molecular complexity index is 858. The van der Waals surface area contributed by atoms with Crippen molar-refractivity contribution in [2.24, 2.45) is 7.05 Å². The van der Waals surface area contributed by atoms with E-state index >= 15 is 0 Å². The van der Waals surface area contributed by atoms with Crippen LogP contribution in [0.4, 0.5) is 5.69 Å². The average Bonchev–Trinajstić information content (AvgIpc) is 2.51. The van der Waals surface area contributed by atoms with Gasteiger partial charge < -0.3 is 9.88 Å². The number of halogens is 1. The van der Waals surface area contributed by atoms with Crippen LogP contribution in [0.1, 0.15) is 5.56 Å². The molecule has 2 heterocycles. The maximum atomic E-state index is 12.4. The van der Waals surface area contributed by atoms with Gasteiger partial charge in [0.15, 0.2) is 0 Å². The molecule has 0 radical (unpaired) electrons. The zero-order chi connectivity index (χ0) is 14.8. The first-order valence-electron chi connectivity index (χ1n) is 6.58. The second kappa shape index (κ2) is 5.58. The molecule has 0 aliphatic heterocycles. The fourth-order valence-corrected chi connectivity index (χ4v) is 2.51. The van der Waals surface area contributed by atoms with Gasteiger partial charge in [-0.25, -0.2) is 0 Å². The fourth-order valence-electron chi connectivity index (χ4n) is 2.32. The Morgan fingerprint density at radius 1 is 1.29 bits per heavy atom. The van der Waals surface area contributed by atoms with Gasteiger partial charge in [0, 0.05) is 31.5 Å². The molecule has 0 fully saturated rings. The number of hydrogen-bond acceptors (Lipinski definition) is 3. The lowest BCUT2D eigenvalue weighted by molar-refractivity contribution is 0.878. The minimum absolute atomic E-state index is 0.00798. The maximum Gasteiger partial charge on any atom is 0.255 e. The lowest BCUT2D eigenvalue weighted by atomic mass is 10.1. The van der Waals surface area contributed by atoms with E-state index in [0.29, 0.717) is 17.1 Å². The van der Waals surface area contributed by atoms with Gasteiger partial charge in [-0.05, 0) is 23.6 Å². The summed E-state index contributed by atoms with van der Waals surface area (Å²) in [5, 5.41) is 4.75. The van der Waals surface area contributed by atoms with Crippen molar-refractivity contribution in [2.75, 3.05) is 5.32 Å². The normalized spacial score (nSPS) is 10.8. The Morgan fingerprint density at radius 3 is 2.90 bits per heavy atom. The lowest BCUT2D eigenvalue weighted by Gasteiger charge is -2.11. The summed E-state index contributed by atoms with van der Waals surface area (Å²) in [7, 11) is 1.79. The van der Waals surface area contributed by atoms with E-state index in [1.807, 2.05) is 30.3 Å². The van der Waals surface area contributed by atoms with E-state index in [4.69, 9.17) is 11.6 Å². The summed E-state index contributed by atoms with van der Waals surface area (Å²) in [6, 6.07) is 11.5. The summed E-state index contributed by atoms with van der Waals surface area (Å²) in [6.45, 7) is 0.418. The molecule has 3 aromatic rings. The third-order valence-corrected chi connectivity index (χ3v) is 3.75. The Hall–Kier alpha value is -2.33. The van der Waals surface area contributed by atoms with Gasteiger partial charge in [0.05, 0.1) is 16.2 Å². The van der Waals surface area contributed by atoms with Crippen LogP contribution in [0, 0.1) is 0 Å². The number of aromatic nitrogens is 2. The van der Waals surface area contributed by atoms with Crippen molar-refractivity contribution in [3.63, 3.8) is 0 Å². The van der Waals surface area contributed by atoms with E-state index in [9.17, 15) is 4.79 Å². The van der Waals surface area contributed by atoms with Crippen LogP contribution in [-0.2, 0) is 13.6 Å². The second-order valence-corrected chi connectivity index (χ2v) is 5.21. The molecule has 21 heavy (non-hydrogen) atoms. The van der Waals surface area contributed by atoms with E-state index in [2.05, 4.69) is 10.3 Å². The molecule has 2 aromatic heterocycles.